The van der Waals surface area contributed by atoms with E-state index < -0.39 is 0 Å². The van der Waals surface area contributed by atoms with E-state index in [9.17, 15) is 4.79 Å². The van der Waals surface area contributed by atoms with Gasteiger partial charge in [-0.3, -0.25) is 4.79 Å². The highest BCUT2D eigenvalue weighted by Gasteiger charge is 2.31. The lowest BCUT2D eigenvalue weighted by atomic mass is 9.92. The van der Waals surface area contributed by atoms with E-state index >= 15 is 0 Å². The zero-order valence-electron chi connectivity index (χ0n) is 18.7. The van der Waals surface area contributed by atoms with Gasteiger partial charge in [0.2, 0.25) is 0 Å². The van der Waals surface area contributed by atoms with E-state index in [0.29, 0.717) is 24.0 Å². The number of fused-ring (bicyclic) bond motifs is 4. The van der Waals surface area contributed by atoms with Crippen molar-refractivity contribution in [2.24, 2.45) is 0 Å². The molecule has 0 atom stereocenters. The van der Waals surface area contributed by atoms with E-state index in [2.05, 4.69) is 28.6 Å². The van der Waals surface area contributed by atoms with Gasteiger partial charge in [0.1, 0.15) is 9.53 Å². The Bertz CT molecular complexity index is 1120. The molecule has 1 aliphatic carbocycles. The van der Waals surface area contributed by atoms with Gasteiger partial charge in [0.25, 0.3) is 5.56 Å². The number of aromatic amines is 1. The van der Waals surface area contributed by atoms with Crippen LogP contribution in [-0.4, -0.2) is 40.9 Å². The van der Waals surface area contributed by atoms with Crippen molar-refractivity contribution in [1.82, 2.24) is 15.0 Å². The van der Waals surface area contributed by atoms with Gasteiger partial charge in [0.05, 0.1) is 42.5 Å². The summed E-state index contributed by atoms with van der Waals surface area (Å²) in [6.07, 6.45) is 8.59. The first-order chi connectivity index (χ1) is 14.9. The van der Waals surface area contributed by atoms with Crippen LogP contribution in [0.3, 0.4) is 0 Å². The molecule has 0 radical (unpaired) electrons. The molecule has 3 aromatic rings. The molecule has 0 unspecified atom stereocenters. The molecule has 0 amide bonds. The van der Waals surface area contributed by atoms with Crippen LogP contribution in [0.25, 0.3) is 20.4 Å². The summed E-state index contributed by atoms with van der Waals surface area (Å²) in [5.41, 5.74) is 3.67. The summed E-state index contributed by atoms with van der Waals surface area (Å²) in [5.74, 6) is 0. The van der Waals surface area contributed by atoms with Gasteiger partial charge in [0, 0.05) is 31.6 Å². The fourth-order valence-corrected chi connectivity index (χ4v) is 5.48. The molecular formula is C23H31N3O4S. The Kier molecular flexibility index (Phi) is 6.71. The van der Waals surface area contributed by atoms with Crippen LogP contribution in [0.1, 0.15) is 62.8 Å². The lowest BCUT2D eigenvalue weighted by Crippen LogP contribution is -2.33. The molecule has 168 valence electrons. The number of nitrogens with zero attached hydrogens (tertiary/aromatic N) is 2. The van der Waals surface area contributed by atoms with Crippen LogP contribution in [0, 0.1) is 0 Å². The van der Waals surface area contributed by atoms with Crippen molar-refractivity contribution in [3.8, 4) is 0 Å². The second kappa shape index (κ2) is 9.32. The van der Waals surface area contributed by atoms with E-state index in [-0.39, 0.29) is 11.2 Å². The number of hydrogen-bond acceptors (Lipinski definition) is 7. The molecule has 3 aromatic heterocycles. The van der Waals surface area contributed by atoms with Crippen molar-refractivity contribution < 1.29 is 14.2 Å². The molecule has 0 bridgehead atoms. The number of methoxy groups -OCH3 is 1. The third-order valence-corrected chi connectivity index (χ3v) is 7.00. The fraction of sp³-hybridized carbons (Fsp3) is 0.609. The van der Waals surface area contributed by atoms with Crippen LogP contribution < -0.4 is 5.56 Å². The molecule has 4 heterocycles. The van der Waals surface area contributed by atoms with Crippen LogP contribution in [0.5, 0.6) is 0 Å². The molecule has 5 rings (SSSR count). The Hall–Kier alpha value is -1.87. The Morgan fingerprint density at radius 3 is 2.74 bits per heavy atom. The Balaban J connectivity index is 0.000000730. The number of nitrogens with one attached hydrogen (secondary N) is 1. The summed E-state index contributed by atoms with van der Waals surface area (Å²) in [4.78, 5) is 25.3. The molecule has 31 heavy (non-hydrogen) atoms. The predicted molar refractivity (Wildman–Crippen MR) is 123 cm³/mol. The van der Waals surface area contributed by atoms with Crippen LogP contribution >= 0.6 is 11.3 Å². The van der Waals surface area contributed by atoms with Crippen LogP contribution in [0.4, 0.5) is 0 Å². The standard InChI is InChI=1S/C21H25N3O3S.C2H6O/c1-21(2)8-15-13(10-27-21)14(9-26-12-6-4-3-5-7-12)16-17-18(28-20(16)24-15)19(25)23-11-22-17;1-3-2/h11-12H,3-10H2,1-2H3,(H,22,23,25);1-2H3. The average Bonchev–Trinajstić information content (AvgIpc) is 3.11. The molecule has 0 aromatic carbocycles. The van der Waals surface area contributed by atoms with Crippen LogP contribution in [0.2, 0.25) is 0 Å². The molecule has 0 saturated heterocycles. The topological polar surface area (TPSA) is 86.3 Å². The molecule has 0 spiro atoms. The summed E-state index contributed by atoms with van der Waals surface area (Å²) < 4.78 is 17.3. The Morgan fingerprint density at radius 1 is 1.26 bits per heavy atom. The second-order valence-corrected chi connectivity index (χ2v) is 9.91. The number of aromatic nitrogens is 3. The molecule has 7 nitrogen and oxygen atoms in total. The highest BCUT2D eigenvalue weighted by atomic mass is 32.1. The molecule has 2 aliphatic rings. The van der Waals surface area contributed by atoms with E-state index in [0.717, 1.165) is 51.8 Å². The van der Waals surface area contributed by atoms with Crippen molar-refractivity contribution >= 4 is 31.8 Å². The van der Waals surface area contributed by atoms with Gasteiger partial charge in [-0.15, -0.1) is 11.3 Å². The number of ether oxygens (including phenoxy) is 3. The van der Waals surface area contributed by atoms with Crippen LogP contribution in [-0.2, 0) is 33.8 Å². The predicted octanol–water partition coefficient (Wildman–Crippen LogP) is 4.50. The zero-order valence-corrected chi connectivity index (χ0v) is 19.6. The number of rotatable bonds is 3. The minimum Gasteiger partial charge on any atom is -0.388 e. The van der Waals surface area contributed by atoms with Crippen molar-refractivity contribution in [2.45, 2.75) is 77.3 Å². The van der Waals surface area contributed by atoms with Gasteiger partial charge >= 0.3 is 0 Å². The number of pyridine rings is 1. The molecule has 1 N–H and O–H groups in total. The summed E-state index contributed by atoms with van der Waals surface area (Å²) in [6.45, 7) is 5.24. The van der Waals surface area contributed by atoms with E-state index in [1.165, 1.54) is 36.9 Å². The largest absolute Gasteiger partial charge is 0.388 e. The Labute approximate surface area is 186 Å². The summed E-state index contributed by atoms with van der Waals surface area (Å²) in [7, 11) is 3.25. The van der Waals surface area contributed by atoms with Gasteiger partial charge in [-0.05, 0) is 32.3 Å². The van der Waals surface area contributed by atoms with E-state index in [1.807, 2.05) is 0 Å². The quantitative estimate of drug-likeness (QED) is 0.639. The van der Waals surface area contributed by atoms with Gasteiger partial charge < -0.3 is 19.2 Å². The van der Waals surface area contributed by atoms with Crippen molar-refractivity contribution in [2.75, 3.05) is 14.2 Å². The zero-order chi connectivity index (χ0) is 22.0. The lowest BCUT2D eigenvalue weighted by Gasteiger charge is -2.32. The third-order valence-electron chi connectivity index (χ3n) is 5.93. The fourth-order valence-electron chi connectivity index (χ4n) is 4.41. The normalized spacial score (nSPS) is 18.6. The van der Waals surface area contributed by atoms with E-state index in [1.54, 1.807) is 14.2 Å². The van der Waals surface area contributed by atoms with E-state index in [4.69, 9.17) is 14.5 Å². The lowest BCUT2D eigenvalue weighted by molar-refractivity contribution is -0.0430. The van der Waals surface area contributed by atoms with Crippen molar-refractivity contribution in [3.05, 3.63) is 33.5 Å². The van der Waals surface area contributed by atoms with Gasteiger partial charge in [0.15, 0.2) is 0 Å². The average molecular weight is 446 g/mol. The molecular weight excluding hydrogens is 414 g/mol. The highest BCUT2D eigenvalue weighted by Crippen LogP contribution is 2.38. The number of thiophene rings is 1. The smallest absolute Gasteiger partial charge is 0.268 e. The van der Waals surface area contributed by atoms with Crippen LogP contribution in [0.15, 0.2) is 11.1 Å². The maximum atomic E-state index is 12.3. The number of H-pyrrole nitrogens is 1. The summed E-state index contributed by atoms with van der Waals surface area (Å²) >= 11 is 1.42. The van der Waals surface area contributed by atoms with Crippen molar-refractivity contribution in [1.29, 1.82) is 0 Å². The first-order valence-electron chi connectivity index (χ1n) is 10.9. The first kappa shape index (κ1) is 22.3. The molecule has 1 fully saturated rings. The summed E-state index contributed by atoms with van der Waals surface area (Å²) in [6, 6.07) is 0. The molecule has 1 saturated carbocycles. The maximum absolute atomic E-state index is 12.3. The minimum atomic E-state index is -0.235. The molecule has 1 aliphatic heterocycles. The van der Waals surface area contributed by atoms with Gasteiger partial charge in [-0.25, -0.2) is 9.97 Å². The van der Waals surface area contributed by atoms with Crippen molar-refractivity contribution in [3.63, 3.8) is 0 Å². The summed E-state index contributed by atoms with van der Waals surface area (Å²) in [5, 5.41) is 0.962. The van der Waals surface area contributed by atoms with Gasteiger partial charge in [-0.2, -0.15) is 0 Å². The number of hydrogen-bond donors (Lipinski definition) is 1. The molecule has 8 heteroatoms. The highest BCUT2D eigenvalue weighted by molar-refractivity contribution is 7.25. The van der Waals surface area contributed by atoms with Gasteiger partial charge in [-0.1, -0.05) is 19.3 Å². The maximum Gasteiger partial charge on any atom is 0.268 e. The monoisotopic (exact) mass is 445 g/mol. The minimum absolute atomic E-state index is 0.110. The Morgan fingerprint density at radius 2 is 2.00 bits per heavy atom. The third kappa shape index (κ3) is 4.67. The second-order valence-electron chi connectivity index (χ2n) is 8.91. The first-order valence-corrected chi connectivity index (χ1v) is 11.7. The SMILES string of the molecule is CC1(C)Cc2nc3sc4c(=O)[nH]cnc4c3c(COC3CCCCC3)c2CO1.COC.